The van der Waals surface area contributed by atoms with E-state index in [4.69, 9.17) is 39.2 Å². The minimum Gasteiger partial charge on any atom is -0.444 e. The summed E-state index contributed by atoms with van der Waals surface area (Å²) >= 11 is 0. The first-order valence-electron chi connectivity index (χ1n) is 11.7. The van der Waals surface area contributed by atoms with Gasteiger partial charge in [0.2, 0.25) is 0 Å². The number of nitrogens with zero attached hydrogens (tertiary/aromatic N) is 1. The average Bonchev–Trinajstić information content (AvgIpc) is 3.31. The van der Waals surface area contributed by atoms with Crippen LogP contribution in [-0.2, 0) is 46.9 Å². The van der Waals surface area contributed by atoms with E-state index >= 15 is 0 Å². The van der Waals surface area contributed by atoms with E-state index in [0.29, 0.717) is 38.9 Å². The first kappa shape index (κ1) is 49.5. The molecule has 0 bridgehead atoms. The van der Waals surface area contributed by atoms with Crippen LogP contribution >= 0.6 is 12.4 Å². The Morgan fingerprint density at radius 2 is 1.37 bits per heavy atom. The summed E-state index contributed by atoms with van der Waals surface area (Å²) in [6, 6.07) is 0. The van der Waals surface area contributed by atoms with Crippen molar-refractivity contribution in [3.63, 3.8) is 0 Å². The minimum atomic E-state index is -0.444. The van der Waals surface area contributed by atoms with Crippen molar-refractivity contribution < 1.29 is 56.5 Å². The zero-order chi connectivity index (χ0) is 27.8. The van der Waals surface area contributed by atoms with E-state index in [1.165, 1.54) is 17.7 Å². The van der Waals surface area contributed by atoms with Crippen LogP contribution in [0, 0.1) is 44.5 Å². The first-order valence-corrected chi connectivity index (χ1v) is 11.7. The molecule has 1 rings (SSSR count). The van der Waals surface area contributed by atoms with Crippen LogP contribution in [0.4, 0.5) is 9.59 Å². The van der Waals surface area contributed by atoms with Crippen LogP contribution in [-0.4, -0.2) is 68.2 Å². The van der Waals surface area contributed by atoms with Crippen LogP contribution in [0.15, 0.2) is 0 Å². The molecule has 1 fully saturated rings. The fourth-order valence-corrected chi connectivity index (χ4v) is 1.81. The predicted molar refractivity (Wildman–Crippen MR) is 156 cm³/mol. The van der Waals surface area contributed by atoms with Crippen molar-refractivity contribution in [3.8, 4) is 37.0 Å². The summed E-state index contributed by atoms with van der Waals surface area (Å²) in [7, 11) is 1.67. The molecule has 1 saturated heterocycles. The Hall–Kier alpha value is -1.47. The number of rotatable bonds is 5. The quantitative estimate of drug-likeness (QED) is 0.250. The van der Waals surface area contributed by atoms with Crippen molar-refractivity contribution in [1.29, 1.82) is 0 Å². The summed E-state index contributed by atoms with van der Waals surface area (Å²) in [5.41, 5.74) is 4.11. The zero-order valence-corrected chi connectivity index (χ0v) is 28.5. The fourth-order valence-electron chi connectivity index (χ4n) is 1.81. The molecular formula is C28H51ClN3O5Y-. The van der Waals surface area contributed by atoms with E-state index in [9.17, 15) is 9.59 Å². The molecule has 1 heterocycles. The molecule has 219 valence electrons. The number of hydrogen-bond acceptors (Lipinski definition) is 6. The maximum absolute atomic E-state index is 11.3. The number of carbonyl (C=O) groups is 2. The second-order valence-electron chi connectivity index (χ2n) is 9.30. The van der Waals surface area contributed by atoms with Gasteiger partial charge in [0.05, 0.1) is 0 Å². The summed E-state index contributed by atoms with van der Waals surface area (Å²) in [5, 5.41) is 2.54. The molecule has 0 atom stereocenters. The third-order valence-corrected chi connectivity index (χ3v) is 3.35. The molecule has 1 aliphatic rings. The number of terminal acetylenes is 3. The van der Waals surface area contributed by atoms with Gasteiger partial charge in [-0.3, -0.25) is 0 Å². The molecule has 0 saturated carbocycles. The number of alkyl carbamates (subject to hydrolysis) is 1. The number of amides is 2. The molecule has 0 aromatic carbocycles. The van der Waals surface area contributed by atoms with Gasteiger partial charge in [-0.15, -0.1) is 49.4 Å². The Labute approximate surface area is 264 Å². The number of hydrogen-bond donors (Lipinski definition) is 2. The Morgan fingerprint density at radius 3 is 1.66 bits per heavy atom. The monoisotopic (exact) mass is 633 g/mol. The normalized spacial score (nSPS) is 10.8. The Bertz CT molecular complexity index is 675. The van der Waals surface area contributed by atoms with Gasteiger partial charge in [0, 0.05) is 91.9 Å². The van der Waals surface area contributed by atoms with E-state index < -0.39 is 17.3 Å². The molecule has 0 aromatic rings. The van der Waals surface area contributed by atoms with Gasteiger partial charge in [-0.05, 0) is 54.4 Å². The molecular weight excluding hydrogens is 583 g/mol. The van der Waals surface area contributed by atoms with Crippen LogP contribution in [0.25, 0.3) is 0 Å². The van der Waals surface area contributed by atoms with Gasteiger partial charge in [-0.1, -0.05) is 0 Å². The average molecular weight is 634 g/mol. The molecule has 8 nitrogen and oxygen atoms in total. The third-order valence-electron chi connectivity index (χ3n) is 3.35. The van der Waals surface area contributed by atoms with Crippen LogP contribution in [0.2, 0.25) is 0 Å². The van der Waals surface area contributed by atoms with Gasteiger partial charge >= 0.3 is 12.2 Å². The van der Waals surface area contributed by atoms with E-state index in [2.05, 4.69) is 23.1 Å². The standard InChI is InChI=1S/C10H17NO2.C9H15NO2.C4H7N.C4H8O.CH3.ClH.Y/c1-6-7-8-11(5)9(12)13-10(2,3)4;1-5-6-7-10-8(11)12-9(2,3)4;1-2-3-4-5;1-2-4-5-3-1;;;/h1H,7-8H2,2-5H3;1H,6-7H2,2-4H3,(H,10,11);1H,3-5H2;1-4H2;1H3;1H;/q;;;;-1;;. The molecule has 0 aromatic heterocycles. The van der Waals surface area contributed by atoms with Crippen molar-refractivity contribution >= 4 is 24.6 Å². The SMILES string of the molecule is C#CCCN.C#CCCN(C)C(=O)OC(C)(C)C.C#CCCNC(=O)OC(C)(C)C.C1CCOC1.Cl.[CH3-].[Y]. The maximum atomic E-state index is 11.3. The van der Waals surface area contributed by atoms with Crippen molar-refractivity contribution in [1.82, 2.24) is 10.2 Å². The topological polar surface area (TPSA) is 103 Å². The summed E-state index contributed by atoms with van der Waals surface area (Å²) in [5.74, 6) is 7.27. The second-order valence-corrected chi connectivity index (χ2v) is 9.30. The van der Waals surface area contributed by atoms with Gasteiger partial charge in [-0.25, -0.2) is 9.59 Å². The molecule has 2 amide bonds. The summed E-state index contributed by atoms with van der Waals surface area (Å²) in [4.78, 5) is 23.7. The number of carbonyl (C=O) groups excluding carboxylic acids is 2. The molecule has 0 unspecified atom stereocenters. The number of nitrogens with one attached hydrogen (secondary N) is 1. The number of ether oxygens (including phenoxy) is 3. The molecule has 10 heteroatoms. The van der Waals surface area contributed by atoms with Crippen molar-refractivity contribution in [2.45, 2.75) is 84.8 Å². The Morgan fingerprint density at radius 1 is 0.921 bits per heavy atom. The molecule has 0 aliphatic carbocycles. The summed E-state index contributed by atoms with van der Waals surface area (Å²) in [6.45, 7) is 14.5. The second kappa shape index (κ2) is 31.7. The Balaban J connectivity index is -0.0000000941. The van der Waals surface area contributed by atoms with Crippen LogP contribution in [0.3, 0.4) is 0 Å². The van der Waals surface area contributed by atoms with Crippen LogP contribution < -0.4 is 11.1 Å². The summed E-state index contributed by atoms with van der Waals surface area (Å²) in [6.07, 6.45) is 18.5. The first-order chi connectivity index (χ1) is 16.2. The van der Waals surface area contributed by atoms with Crippen LogP contribution in [0.5, 0.6) is 0 Å². The molecule has 3 N–H and O–H groups in total. The smallest absolute Gasteiger partial charge is 0.410 e. The number of halogens is 1. The molecule has 38 heavy (non-hydrogen) atoms. The predicted octanol–water partition coefficient (Wildman–Crippen LogP) is 5.05. The fraction of sp³-hybridized carbons (Fsp3) is 0.679. The largest absolute Gasteiger partial charge is 0.444 e. The van der Waals surface area contributed by atoms with Gasteiger partial charge in [0.25, 0.3) is 0 Å². The maximum Gasteiger partial charge on any atom is 0.410 e. The third kappa shape index (κ3) is 47.7. The summed E-state index contributed by atoms with van der Waals surface area (Å²) < 4.78 is 15.0. The van der Waals surface area contributed by atoms with Gasteiger partial charge < -0.3 is 37.6 Å². The minimum absolute atomic E-state index is 0. The van der Waals surface area contributed by atoms with Crippen molar-refractivity contribution in [2.75, 3.05) is 39.9 Å². The Kier molecular flexibility index (Phi) is 41.3. The van der Waals surface area contributed by atoms with E-state index in [-0.39, 0.29) is 58.6 Å². The van der Waals surface area contributed by atoms with Gasteiger partial charge in [0.15, 0.2) is 0 Å². The zero-order valence-electron chi connectivity index (χ0n) is 24.9. The van der Waals surface area contributed by atoms with E-state index in [0.717, 1.165) is 13.2 Å². The van der Waals surface area contributed by atoms with E-state index in [1.54, 1.807) is 7.05 Å². The molecule has 1 radical (unpaired) electrons. The van der Waals surface area contributed by atoms with Gasteiger partial charge in [0.1, 0.15) is 11.2 Å². The van der Waals surface area contributed by atoms with E-state index in [1.807, 2.05) is 41.5 Å². The van der Waals surface area contributed by atoms with Crippen LogP contribution in [0.1, 0.15) is 73.6 Å². The van der Waals surface area contributed by atoms with Crippen molar-refractivity contribution in [2.24, 2.45) is 5.73 Å². The molecule has 1 aliphatic heterocycles. The number of nitrogens with two attached hydrogens (primary N) is 1. The molecule has 0 spiro atoms. The van der Waals surface area contributed by atoms with Gasteiger partial charge in [-0.2, -0.15) is 0 Å². The van der Waals surface area contributed by atoms with Crippen molar-refractivity contribution in [3.05, 3.63) is 7.43 Å².